The maximum atomic E-state index is 11.2. The summed E-state index contributed by atoms with van der Waals surface area (Å²) in [7, 11) is 0. The van der Waals surface area contributed by atoms with Gasteiger partial charge in [-0.3, -0.25) is 0 Å². The van der Waals surface area contributed by atoms with Crippen LogP contribution in [0.25, 0.3) is 0 Å². The topological polar surface area (TPSA) is 93.1 Å². The van der Waals surface area contributed by atoms with Crippen molar-refractivity contribution in [3.05, 3.63) is 0 Å². The first-order valence-corrected chi connectivity index (χ1v) is 7.01. The minimum absolute atomic E-state index is 0.158. The summed E-state index contributed by atoms with van der Waals surface area (Å²) in [5.41, 5.74) is 0. The second kappa shape index (κ2) is 9.72. The van der Waals surface area contributed by atoms with Crippen molar-refractivity contribution < 1.29 is 29.3 Å². The molecule has 0 aromatic rings. The lowest BCUT2D eigenvalue weighted by atomic mass is 9.99. The van der Waals surface area contributed by atoms with Gasteiger partial charge in [0.1, 0.15) is 12.2 Å². The van der Waals surface area contributed by atoms with Gasteiger partial charge in [-0.05, 0) is 39.5 Å². The summed E-state index contributed by atoms with van der Waals surface area (Å²) in [6, 6.07) is 0. The van der Waals surface area contributed by atoms with Gasteiger partial charge in [-0.1, -0.05) is 13.3 Å². The maximum Gasteiger partial charge on any atom is 0.334 e. The summed E-state index contributed by atoms with van der Waals surface area (Å²) in [6.07, 6.45) is -0.339. The fourth-order valence-corrected chi connectivity index (χ4v) is 1.55. The third-order valence-corrected chi connectivity index (χ3v) is 3.02. The average molecular weight is 290 g/mol. The number of rotatable bonds is 9. The third kappa shape index (κ3) is 8.12. The molecule has 4 atom stereocenters. The number of esters is 2. The lowest BCUT2D eigenvalue weighted by molar-refractivity contribution is -0.157. The molecule has 0 aromatic heterocycles. The second-order valence-corrected chi connectivity index (χ2v) is 5.08. The van der Waals surface area contributed by atoms with Gasteiger partial charge in [0.05, 0.1) is 12.7 Å². The molecular formula is C14H26O6. The zero-order chi connectivity index (χ0) is 15.7. The third-order valence-electron chi connectivity index (χ3n) is 3.02. The van der Waals surface area contributed by atoms with E-state index in [9.17, 15) is 9.59 Å². The summed E-state index contributed by atoms with van der Waals surface area (Å²) in [5, 5.41) is 18.1. The number of carbonyl (C=O) groups is 2. The number of hydrogen-bond acceptors (Lipinski definition) is 6. The van der Waals surface area contributed by atoms with Gasteiger partial charge in [-0.15, -0.1) is 0 Å². The van der Waals surface area contributed by atoms with Crippen molar-refractivity contribution >= 4 is 11.9 Å². The fraction of sp³-hybridized carbons (Fsp3) is 0.857. The van der Waals surface area contributed by atoms with Crippen molar-refractivity contribution in [2.24, 2.45) is 5.92 Å². The van der Waals surface area contributed by atoms with Crippen LogP contribution in [0.3, 0.4) is 0 Å². The standard InChI is InChI=1S/C14H26O6/c1-5-12(8-19-13(17)10(3)15)7-6-9(2)20-14(18)11(4)16/h9-12,15-16H,5-8H2,1-4H3. The van der Waals surface area contributed by atoms with E-state index in [0.717, 1.165) is 12.8 Å². The number of aliphatic hydroxyl groups excluding tert-OH is 2. The van der Waals surface area contributed by atoms with E-state index in [-0.39, 0.29) is 18.6 Å². The predicted octanol–water partition coefficient (Wildman–Crippen LogP) is 1.03. The number of hydrogen-bond donors (Lipinski definition) is 2. The summed E-state index contributed by atoms with van der Waals surface area (Å²) >= 11 is 0. The van der Waals surface area contributed by atoms with Gasteiger partial charge in [0.25, 0.3) is 0 Å². The molecule has 4 unspecified atom stereocenters. The molecule has 0 bridgehead atoms. The SMILES string of the molecule is CCC(CCC(C)OC(=O)C(C)O)COC(=O)C(C)O. The monoisotopic (exact) mass is 290 g/mol. The lowest BCUT2D eigenvalue weighted by Crippen LogP contribution is -2.25. The minimum Gasteiger partial charge on any atom is -0.463 e. The molecular weight excluding hydrogens is 264 g/mol. The van der Waals surface area contributed by atoms with E-state index in [1.807, 2.05) is 6.92 Å². The van der Waals surface area contributed by atoms with Crippen LogP contribution in [0.4, 0.5) is 0 Å². The van der Waals surface area contributed by atoms with Crippen LogP contribution < -0.4 is 0 Å². The Labute approximate surface area is 120 Å². The number of ether oxygens (including phenoxy) is 2. The van der Waals surface area contributed by atoms with Crippen LogP contribution >= 0.6 is 0 Å². The van der Waals surface area contributed by atoms with Crippen molar-refractivity contribution in [3.8, 4) is 0 Å². The Bertz CT molecular complexity index is 300. The summed E-state index contributed by atoms with van der Waals surface area (Å²) in [6.45, 7) is 6.71. The second-order valence-electron chi connectivity index (χ2n) is 5.08. The van der Waals surface area contributed by atoms with Crippen molar-refractivity contribution in [2.75, 3.05) is 6.61 Å². The average Bonchev–Trinajstić information content (AvgIpc) is 2.38. The molecule has 0 aliphatic rings. The highest BCUT2D eigenvalue weighted by atomic mass is 16.6. The van der Waals surface area contributed by atoms with Crippen molar-refractivity contribution in [1.29, 1.82) is 0 Å². The highest BCUT2D eigenvalue weighted by Crippen LogP contribution is 2.15. The summed E-state index contributed by atoms with van der Waals surface area (Å²) in [4.78, 5) is 22.3. The normalized spacial score (nSPS) is 16.9. The van der Waals surface area contributed by atoms with E-state index >= 15 is 0 Å². The fourth-order valence-electron chi connectivity index (χ4n) is 1.55. The van der Waals surface area contributed by atoms with E-state index < -0.39 is 24.1 Å². The molecule has 0 amide bonds. The molecule has 0 spiro atoms. The van der Waals surface area contributed by atoms with Crippen LogP contribution in [-0.4, -0.2) is 47.1 Å². The van der Waals surface area contributed by atoms with E-state index in [1.54, 1.807) is 6.92 Å². The van der Waals surface area contributed by atoms with E-state index in [2.05, 4.69) is 0 Å². The zero-order valence-corrected chi connectivity index (χ0v) is 12.7. The molecule has 0 radical (unpaired) electrons. The summed E-state index contributed by atoms with van der Waals surface area (Å²) < 4.78 is 10.0. The Morgan fingerprint density at radius 3 is 2.00 bits per heavy atom. The molecule has 0 fully saturated rings. The molecule has 118 valence electrons. The van der Waals surface area contributed by atoms with E-state index in [1.165, 1.54) is 13.8 Å². The maximum absolute atomic E-state index is 11.2. The predicted molar refractivity (Wildman–Crippen MR) is 72.9 cm³/mol. The van der Waals surface area contributed by atoms with Gasteiger partial charge in [-0.25, -0.2) is 9.59 Å². The minimum atomic E-state index is -1.12. The molecule has 0 heterocycles. The molecule has 0 saturated carbocycles. The molecule has 6 nitrogen and oxygen atoms in total. The molecule has 0 aliphatic carbocycles. The van der Waals surface area contributed by atoms with Gasteiger partial charge in [0.2, 0.25) is 0 Å². The van der Waals surface area contributed by atoms with Crippen molar-refractivity contribution in [2.45, 2.75) is 65.3 Å². The molecule has 20 heavy (non-hydrogen) atoms. The Balaban J connectivity index is 4.00. The Hall–Kier alpha value is -1.14. The molecule has 0 saturated heterocycles. The van der Waals surface area contributed by atoms with Crippen LogP contribution in [0.15, 0.2) is 0 Å². The van der Waals surface area contributed by atoms with Crippen LogP contribution in [0.5, 0.6) is 0 Å². The van der Waals surface area contributed by atoms with Gasteiger partial charge >= 0.3 is 11.9 Å². The highest BCUT2D eigenvalue weighted by Gasteiger charge is 2.18. The largest absolute Gasteiger partial charge is 0.463 e. The van der Waals surface area contributed by atoms with E-state index in [4.69, 9.17) is 19.7 Å². The quantitative estimate of drug-likeness (QED) is 0.616. The van der Waals surface area contributed by atoms with Gasteiger partial charge in [0, 0.05) is 0 Å². The lowest BCUT2D eigenvalue weighted by Gasteiger charge is -2.19. The van der Waals surface area contributed by atoms with Crippen molar-refractivity contribution in [3.63, 3.8) is 0 Å². The van der Waals surface area contributed by atoms with Crippen molar-refractivity contribution in [1.82, 2.24) is 0 Å². The Morgan fingerprint density at radius 1 is 1.00 bits per heavy atom. The summed E-state index contributed by atoms with van der Waals surface area (Å²) in [5.74, 6) is -1.10. The first kappa shape index (κ1) is 18.9. The molecule has 6 heteroatoms. The number of aliphatic hydroxyl groups is 2. The van der Waals surface area contributed by atoms with E-state index in [0.29, 0.717) is 6.42 Å². The van der Waals surface area contributed by atoms with Gasteiger partial charge in [-0.2, -0.15) is 0 Å². The number of carbonyl (C=O) groups excluding carboxylic acids is 2. The Kier molecular flexibility index (Phi) is 9.16. The smallest absolute Gasteiger partial charge is 0.334 e. The van der Waals surface area contributed by atoms with Crippen LogP contribution in [0.2, 0.25) is 0 Å². The molecule has 0 aromatic carbocycles. The highest BCUT2D eigenvalue weighted by molar-refractivity contribution is 5.74. The van der Waals surface area contributed by atoms with Gasteiger partial charge < -0.3 is 19.7 Å². The molecule has 2 N–H and O–H groups in total. The van der Waals surface area contributed by atoms with Crippen LogP contribution in [0.1, 0.15) is 47.0 Å². The van der Waals surface area contributed by atoms with Gasteiger partial charge in [0.15, 0.2) is 0 Å². The van der Waals surface area contributed by atoms with Crippen LogP contribution in [-0.2, 0) is 19.1 Å². The molecule has 0 aliphatic heterocycles. The first-order chi connectivity index (χ1) is 9.27. The molecule has 0 rings (SSSR count). The zero-order valence-electron chi connectivity index (χ0n) is 12.7. The first-order valence-electron chi connectivity index (χ1n) is 7.01. The Morgan fingerprint density at radius 2 is 1.55 bits per heavy atom. The van der Waals surface area contributed by atoms with Crippen LogP contribution in [0, 0.1) is 5.92 Å².